The Morgan fingerprint density at radius 2 is 1.79 bits per heavy atom. The second kappa shape index (κ2) is 15.7. The van der Waals surface area contributed by atoms with Crippen molar-refractivity contribution < 1.29 is 28.9 Å². The number of nitrogen functional groups attached to an aromatic ring is 1. The first-order chi connectivity index (χ1) is 22.6. The van der Waals surface area contributed by atoms with E-state index in [4.69, 9.17) is 26.6 Å². The van der Waals surface area contributed by atoms with Gasteiger partial charge in [0.15, 0.2) is 5.82 Å². The lowest BCUT2D eigenvalue weighted by Gasteiger charge is -2.24. The molecule has 1 aliphatic heterocycles. The molecule has 1 aliphatic rings. The van der Waals surface area contributed by atoms with E-state index >= 15 is 0 Å². The number of nitrogens with two attached hydrogens (primary N) is 1. The Balaban J connectivity index is 0.946. The number of fused-ring (bicyclic) bond motifs is 2. The van der Waals surface area contributed by atoms with Crippen LogP contribution in [-0.4, -0.2) is 72.7 Å². The summed E-state index contributed by atoms with van der Waals surface area (Å²) in [5.41, 5.74) is 6.30. The van der Waals surface area contributed by atoms with E-state index in [1.165, 1.54) is 16.9 Å². The Bertz CT molecular complexity index is 1750. The van der Waals surface area contributed by atoms with E-state index in [1.54, 1.807) is 12.3 Å². The van der Waals surface area contributed by atoms with Crippen molar-refractivity contribution >= 4 is 47.3 Å². The monoisotopic (exact) mass is 686 g/mol. The number of hydrogen-bond acceptors (Lipinski definition) is 11. The number of hydrogen-bond donors (Lipinski definition) is 6. The van der Waals surface area contributed by atoms with Crippen molar-refractivity contribution in [3.8, 4) is 6.07 Å². The fourth-order valence-electron chi connectivity index (χ4n) is 5.80. The number of aromatic nitrogens is 4. The lowest BCUT2D eigenvalue weighted by Crippen LogP contribution is -2.41. The molecule has 252 valence electrons. The predicted molar refractivity (Wildman–Crippen MR) is 178 cm³/mol. The molecule has 0 spiro atoms. The van der Waals surface area contributed by atoms with Gasteiger partial charge in [-0.3, -0.25) is 9.51 Å². The predicted octanol–water partition coefficient (Wildman–Crippen LogP) is 4.29. The Labute approximate surface area is 277 Å². The number of rotatable bonds is 17. The molecule has 1 fully saturated rings. The molecule has 0 bridgehead atoms. The number of benzene rings is 1. The smallest absolute Gasteiger partial charge is 0.387 e. The molecule has 47 heavy (non-hydrogen) atoms. The number of aliphatic hydroxyl groups excluding tert-OH is 2. The van der Waals surface area contributed by atoms with Crippen LogP contribution < -0.4 is 16.1 Å². The van der Waals surface area contributed by atoms with E-state index in [1.807, 2.05) is 30.3 Å². The van der Waals surface area contributed by atoms with Crippen LogP contribution in [0.5, 0.6) is 0 Å². The minimum Gasteiger partial charge on any atom is -0.387 e. The average molecular weight is 687 g/mol. The van der Waals surface area contributed by atoms with Gasteiger partial charge < -0.3 is 30.9 Å². The van der Waals surface area contributed by atoms with Gasteiger partial charge >= 0.3 is 7.75 Å². The lowest BCUT2D eigenvalue weighted by atomic mass is 9.92. The molecule has 1 unspecified atom stereocenters. The maximum atomic E-state index is 12.6. The largest absolute Gasteiger partial charge is 0.403 e. The summed E-state index contributed by atoms with van der Waals surface area (Å²) in [5.74, 6) is 0.155. The van der Waals surface area contributed by atoms with Gasteiger partial charge in [-0.2, -0.15) is 10.4 Å². The number of nitrogens with one attached hydrogen (secondary N) is 2. The van der Waals surface area contributed by atoms with Crippen LogP contribution in [0.3, 0.4) is 0 Å². The zero-order valence-electron chi connectivity index (χ0n) is 25.8. The van der Waals surface area contributed by atoms with E-state index < -0.39 is 38.3 Å². The third-order valence-corrected chi connectivity index (χ3v) is 9.69. The lowest BCUT2D eigenvalue weighted by molar-refractivity contribution is -0.0622. The number of nitriles is 1. The van der Waals surface area contributed by atoms with Gasteiger partial charge in [-0.15, -0.1) is 0 Å². The minimum absolute atomic E-state index is 0.127. The Morgan fingerprint density at radius 1 is 1.06 bits per heavy atom. The van der Waals surface area contributed by atoms with Gasteiger partial charge in [-0.25, -0.2) is 19.2 Å². The molecule has 16 heteroatoms. The Hall–Kier alpha value is -3.38. The van der Waals surface area contributed by atoms with Crippen molar-refractivity contribution in [1.29, 1.82) is 5.26 Å². The minimum atomic E-state index is -4.23. The summed E-state index contributed by atoms with van der Waals surface area (Å²) in [4.78, 5) is 18.5. The summed E-state index contributed by atoms with van der Waals surface area (Å²) < 4.78 is 24.8. The number of aliphatic hydroxyl groups is 2. The Morgan fingerprint density at radius 3 is 2.53 bits per heavy atom. The fraction of sp³-hybridized carbons (Fsp3) is 0.484. The summed E-state index contributed by atoms with van der Waals surface area (Å²) in [6.07, 6.45) is 6.62. The van der Waals surface area contributed by atoms with E-state index in [-0.39, 0.29) is 18.1 Å². The number of halogens is 1. The standard InChI is InChI=1S/C31H40ClN8O6P/c32-21-9-10-22-23(13-16-36-24(22)17-21)35-14-7-5-3-1-2-4-6-8-15-39-47(43,44)45-18-26-28(41)29(42)31(19-33,46-26)27-12-11-25-30(34)37-20-38-40(25)27/h9-13,16-17,20,26,28-29,41-42H,1-8,14-15,18H2,(H,35,36)(H2,34,37,38)(H2,39,43,44)/t26-,28-,29-,31+/m1/s1. The highest BCUT2D eigenvalue weighted by Gasteiger charge is 2.57. The van der Waals surface area contributed by atoms with Crippen molar-refractivity contribution in [2.45, 2.75) is 75.3 Å². The van der Waals surface area contributed by atoms with E-state index in [0.717, 1.165) is 68.1 Å². The van der Waals surface area contributed by atoms with Crippen molar-refractivity contribution in [1.82, 2.24) is 24.7 Å². The zero-order chi connectivity index (χ0) is 33.4. The van der Waals surface area contributed by atoms with Crippen molar-refractivity contribution in [3.63, 3.8) is 0 Å². The van der Waals surface area contributed by atoms with Gasteiger partial charge in [0.25, 0.3) is 0 Å². The van der Waals surface area contributed by atoms with Gasteiger partial charge in [0.05, 0.1) is 17.8 Å². The van der Waals surface area contributed by atoms with Crippen molar-refractivity contribution in [2.75, 3.05) is 30.7 Å². The van der Waals surface area contributed by atoms with Gasteiger partial charge in [0.1, 0.15) is 36.2 Å². The highest BCUT2D eigenvalue weighted by Crippen LogP contribution is 2.43. The van der Waals surface area contributed by atoms with Crippen LogP contribution in [0.4, 0.5) is 11.5 Å². The zero-order valence-corrected chi connectivity index (χ0v) is 27.5. The van der Waals surface area contributed by atoms with Crippen LogP contribution in [0.1, 0.15) is 57.1 Å². The Kier molecular flexibility index (Phi) is 11.7. The van der Waals surface area contributed by atoms with Gasteiger partial charge in [0, 0.05) is 35.4 Å². The first-order valence-corrected chi connectivity index (χ1v) is 17.7. The first-order valence-electron chi connectivity index (χ1n) is 15.7. The van der Waals surface area contributed by atoms with Crippen LogP contribution >= 0.6 is 19.3 Å². The highest BCUT2D eigenvalue weighted by molar-refractivity contribution is 7.50. The molecule has 5 atom stereocenters. The number of unbranched alkanes of at least 4 members (excludes halogenated alkanes) is 7. The fourth-order valence-corrected chi connectivity index (χ4v) is 6.85. The van der Waals surface area contributed by atoms with Crippen molar-refractivity contribution in [2.24, 2.45) is 0 Å². The molecule has 4 heterocycles. The molecule has 0 saturated carbocycles. The summed E-state index contributed by atoms with van der Waals surface area (Å²) in [6.45, 7) is 0.621. The maximum absolute atomic E-state index is 12.6. The van der Waals surface area contributed by atoms with Crippen LogP contribution in [0.2, 0.25) is 5.02 Å². The van der Waals surface area contributed by atoms with Gasteiger partial charge in [0.2, 0.25) is 5.60 Å². The number of pyridine rings is 1. The molecule has 14 nitrogen and oxygen atoms in total. The SMILES string of the molecule is N#C[C@@]1(c2ccc3c(N)ncnn23)O[C@H](COP(=O)(O)NCCCCCCCCCCNc2ccnc3cc(Cl)ccc23)[C@@H](O)[C@H]1O. The molecule has 1 aromatic carbocycles. The molecule has 0 aliphatic carbocycles. The molecule has 0 amide bonds. The topological polar surface area (TPSA) is 213 Å². The van der Waals surface area contributed by atoms with Gasteiger partial charge in [-0.05, 0) is 49.2 Å². The van der Waals surface area contributed by atoms with Crippen LogP contribution in [0, 0.1) is 11.3 Å². The average Bonchev–Trinajstić information content (AvgIpc) is 3.60. The normalized spacial score (nSPS) is 22.4. The first kappa shape index (κ1) is 34.9. The molecular weight excluding hydrogens is 647 g/mol. The van der Waals surface area contributed by atoms with E-state index in [2.05, 4.69) is 25.5 Å². The highest BCUT2D eigenvalue weighted by atomic mass is 35.5. The molecule has 3 aromatic heterocycles. The third-order valence-electron chi connectivity index (χ3n) is 8.34. The summed E-state index contributed by atoms with van der Waals surface area (Å²) >= 11 is 6.07. The second-order valence-corrected chi connectivity index (χ2v) is 13.7. The molecule has 0 radical (unpaired) electrons. The third kappa shape index (κ3) is 8.20. The molecular formula is C31H40ClN8O6P. The summed E-state index contributed by atoms with van der Waals surface area (Å²) in [7, 11) is -4.23. The number of anilines is 2. The molecule has 5 rings (SSSR count). The second-order valence-electron chi connectivity index (χ2n) is 11.6. The number of nitrogens with zero attached hydrogens (tertiary/aromatic N) is 5. The van der Waals surface area contributed by atoms with Gasteiger partial charge in [-0.1, -0.05) is 50.1 Å². The van der Waals surface area contributed by atoms with Crippen molar-refractivity contribution in [3.05, 3.63) is 59.6 Å². The van der Waals surface area contributed by atoms with Crippen LogP contribution in [0.25, 0.3) is 16.4 Å². The summed E-state index contributed by atoms with van der Waals surface area (Å²) in [6, 6.07) is 12.7. The van der Waals surface area contributed by atoms with E-state index in [0.29, 0.717) is 17.0 Å². The van der Waals surface area contributed by atoms with Crippen LogP contribution in [0.15, 0.2) is 48.9 Å². The quantitative estimate of drug-likeness (QED) is 0.0676. The van der Waals surface area contributed by atoms with E-state index in [9.17, 15) is 24.9 Å². The maximum Gasteiger partial charge on any atom is 0.403 e. The number of ether oxygens (including phenoxy) is 1. The molecule has 1 saturated heterocycles. The molecule has 7 N–H and O–H groups in total. The summed E-state index contributed by atoms with van der Waals surface area (Å²) in [5, 5.41) is 43.3. The molecule has 4 aromatic rings. The van der Waals surface area contributed by atoms with Crippen LogP contribution in [-0.2, 0) is 19.4 Å².